The van der Waals surface area contributed by atoms with Crippen LogP contribution in [0.4, 0.5) is 0 Å². The minimum Gasteiger partial charge on any atom is -0.478 e. The van der Waals surface area contributed by atoms with Gasteiger partial charge in [0.05, 0.1) is 5.57 Å². The molecule has 1 N–H and O–H groups in total. The lowest BCUT2D eigenvalue weighted by atomic mass is 10.2. The van der Waals surface area contributed by atoms with Gasteiger partial charge in [-0.15, -0.1) is 6.42 Å². The van der Waals surface area contributed by atoms with Gasteiger partial charge < -0.3 is 5.11 Å². The molecule has 0 rings (SSSR count). The van der Waals surface area contributed by atoms with E-state index in [1.54, 1.807) is 0 Å². The summed E-state index contributed by atoms with van der Waals surface area (Å²) >= 11 is 0. The topological polar surface area (TPSA) is 37.3 Å². The van der Waals surface area contributed by atoms with Crippen molar-refractivity contribution in [1.29, 1.82) is 0 Å². The Kier molecular flexibility index (Phi) is 3.76. The van der Waals surface area contributed by atoms with Gasteiger partial charge in [-0.2, -0.15) is 0 Å². The highest BCUT2D eigenvalue weighted by Crippen LogP contribution is 2.01. The van der Waals surface area contributed by atoms with Crippen molar-refractivity contribution < 1.29 is 9.90 Å². The molecule has 0 aliphatic carbocycles. The summed E-state index contributed by atoms with van der Waals surface area (Å²) in [6, 6.07) is 0. The molecule has 58 valence electrons. The van der Waals surface area contributed by atoms with Crippen molar-refractivity contribution in [3.05, 3.63) is 23.3 Å². The average molecular weight is 150 g/mol. The van der Waals surface area contributed by atoms with Gasteiger partial charge in [0, 0.05) is 6.08 Å². The molecule has 0 aromatic rings. The summed E-state index contributed by atoms with van der Waals surface area (Å²) in [4.78, 5) is 10.4. The molecule has 0 amide bonds. The Bertz CT molecular complexity index is 247. The van der Waals surface area contributed by atoms with Crippen LogP contribution in [0.5, 0.6) is 0 Å². The predicted octanol–water partition coefficient (Wildman–Crippen LogP) is 1.60. The number of rotatable bonds is 2. The highest BCUT2D eigenvalue weighted by atomic mass is 16.4. The van der Waals surface area contributed by atoms with Gasteiger partial charge in [-0.05, 0) is 19.9 Å². The van der Waals surface area contributed by atoms with Crippen LogP contribution >= 0.6 is 0 Å². The van der Waals surface area contributed by atoms with Gasteiger partial charge in [-0.25, -0.2) is 4.79 Å². The van der Waals surface area contributed by atoms with E-state index in [0.29, 0.717) is 0 Å². The van der Waals surface area contributed by atoms with E-state index >= 15 is 0 Å². The van der Waals surface area contributed by atoms with E-state index in [-0.39, 0.29) is 5.57 Å². The number of allylic oxidation sites excluding steroid dienone is 2. The highest BCUT2D eigenvalue weighted by Gasteiger charge is 2.00. The Labute approximate surface area is 66.2 Å². The van der Waals surface area contributed by atoms with E-state index < -0.39 is 5.97 Å². The van der Waals surface area contributed by atoms with Crippen LogP contribution in [0.25, 0.3) is 0 Å². The monoisotopic (exact) mass is 150 g/mol. The van der Waals surface area contributed by atoms with E-state index in [0.717, 1.165) is 5.57 Å². The zero-order valence-electron chi connectivity index (χ0n) is 6.59. The summed E-state index contributed by atoms with van der Waals surface area (Å²) in [5.41, 5.74) is 1.06. The van der Waals surface area contributed by atoms with E-state index in [1.807, 2.05) is 13.8 Å². The Hall–Kier alpha value is -1.49. The van der Waals surface area contributed by atoms with E-state index in [2.05, 4.69) is 5.92 Å². The highest BCUT2D eigenvalue weighted by molar-refractivity contribution is 5.90. The van der Waals surface area contributed by atoms with Crippen LogP contribution in [-0.2, 0) is 4.79 Å². The maximum Gasteiger partial charge on any atom is 0.336 e. The molecule has 0 aromatic heterocycles. The number of hydrogen-bond acceptors (Lipinski definition) is 1. The van der Waals surface area contributed by atoms with Crippen LogP contribution in [-0.4, -0.2) is 11.1 Å². The van der Waals surface area contributed by atoms with Crippen molar-refractivity contribution in [2.24, 2.45) is 0 Å². The molecule has 0 aromatic carbocycles. The molecule has 0 aliphatic heterocycles. The number of aliphatic carboxylic acids is 1. The van der Waals surface area contributed by atoms with Crippen molar-refractivity contribution in [2.75, 3.05) is 0 Å². The molecule has 11 heavy (non-hydrogen) atoms. The summed E-state index contributed by atoms with van der Waals surface area (Å²) < 4.78 is 0. The molecule has 0 unspecified atom stereocenters. The zero-order chi connectivity index (χ0) is 8.85. The van der Waals surface area contributed by atoms with Crippen LogP contribution in [0.1, 0.15) is 13.8 Å². The molecule has 0 spiro atoms. The van der Waals surface area contributed by atoms with Crippen molar-refractivity contribution >= 4 is 5.97 Å². The summed E-state index contributed by atoms with van der Waals surface area (Å²) in [5, 5.41) is 8.54. The fourth-order valence-electron chi connectivity index (χ4n) is 0.566. The van der Waals surface area contributed by atoms with Crippen LogP contribution in [0.15, 0.2) is 23.3 Å². The van der Waals surface area contributed by atoms with Gasteiger partial charge in [0.1, 0.15) is 0 Å². The number of carbonyl (C=O) groups is 1. The molecule has 0 saturated heterocycles. The number of terminal acetylenes is 1. The van der Waals surface area contributed by atoms with Crippen LogP contribution in [0.2, 0.25) is 0 Å². The fraction of sp³-hybridized carbons (Fsp3) is 0.222. The average Bonchev–Trinajstić information content (AvgIpc) is 1.86. The third-order valence-corrected chi connectivity index (χ3v) is 0.930. The second kappa shape index (κ2) is 4.35. The molecule has 0 heterocycles. The normalized spacial score (nSPS) is 10.1. The number of carboxylic acids is 1. The Morgan fingerprint density at radius 3 is 2.36 bits per heavy atom. The molecular weight excluding hydrogens is 140 g/mol. The number of carboxylic acid groups (broad SMARTS) is 1. The van der Waals surface area contributed by atoms with Crippen LogP contribution in [0, 0.1) is 12.3 Å². The first kappa shape index (κ1) is 9.51. The van der Waals surface area contributed by atoms with Gasteiger partial charge in [0.25, 0.3) is 0 Å². The maximum absolute atomic E-state index is 10.4. The first-order chi connectivity index (χ1) is 5.07. The molecule has 0 fully saturated rings. The molecule has 2 nitrogen and oxygen atoms in total. The molecule has 0 bridgehead atoms. The first-order valence-electron chi connectivity index (χ1n) is 3.12. The standard InChI is InChI=1S/C9H10O2/c1-4-5-8(9(10)11)6-7(2)3/h1,5-6H,2-3H3,(H,10,11). The lowest BCUT2D eigenvalue weighted by Gasteiger charge is -1.92. The van der Waals surface area contributed by atoms with Crippen molar-refractivity contribution in [3.8, 4) is 12.3 Å². The first-order valence-corrected chi connectivity index (χ1v) is 3.12. The van der Waals surface area contributed by atoms with E-state index in [4.69, 9.17) is 11.5 Å². The molecule has 0 atom stereocenters. The molecule has 0 aliphatic rings. The molecule has 0 radical (unpaired) electrons. The van der Waals surface area contributed by atoms with Gasteiger partial charge in [-0.1, -0.05) is 11.5 Å². The van der Waals surface area contributed by atoms with Crippen LogP contribution < -0.4 is 0 Å². The molecule has 0 saturated carbocycles. The zero-order valence-corrected chi connectivity index (χ0v) is 6.59. The molecule has 2 heteroatoms. The van der Waals surface area contributed by atoms with Crippen molar-refractivity contribution in [2.45, 2.75) is 13.8 Å². The minimum atomic E-state index is -0.996. The minimum absolute atomic E-state index is 0.146. The van der Waals surface area contributed by atoms with Crippen LogP contribution in [0.3, 0.4) is 0 Å². The Balaban J connectivity index is 4.68. The third kappa shape index (κ3) is 3.99. The van der Waals surface area contributed by atoms with Crippen molar-refractivity contribution in [3.63, 3.8) is 0 Å². The summed E-state index contributed by atoms with van der Waals surface area (Å²) in [7, 11) is 0. The predicted molar refractivity (Wildman–Crippen MR) is 44.0 cm³/mol. The van der Waals surface area contributed by atoms with Gasteiger partial charge >= 0.3 is 5.97 Å². The summed E-state index contributed by atoms with van der Waals surface area (Å²) in [6.45, 7) is 3.63. The van der Waals surface area contributed by atoms with Gasteiger partial charge in [0.15, 0.2) is 0 Å². The molecular formula is C9H10O2. The SMILES string of the molecule is C#CC=C(C=C(C)C)C(=O)O. The van der Waals surface area contributed by atoms with Gasteiger partial charge in [-0.3, -0.25) is 0 Å². The Morgan fingerprint density at radius 1 is 1.55 bits per heavy atom. The quantitative estimate of drug-likeness (QED) is 0.369. The fourth-order valence-corrected chi connectivity index (χ4v) is 0.566. The largest absolute Gasteiger partial charge is 0.478 e. The second-order valence-corrected chi connectivity index (χ2v) is 2.29. The Morgan fingerprint density at radius 2 is 2.09 bits per heavy atom. The number of hydrogen-bond donors (Lipinski definition) is 1. The van der Waals surface area contributed by atoms with E-state index in [1.165, 1.54) is 12.2 Å². The lowest BCUT2D eigenvalue weighted by molar-refractivity contribution is -0.132. The second-order valence-electron chi connectivity index (χ2n) is 2.29. The summed E-state index contributed by atoms with van der Waals surface area (Å²) in [6.07, 6.45) is 7.69. The maximum atomic E-state index is 10.4. The smallest absolute Gasteiger partial charge is 0.336 e. The lowest BCUT2D eigenvalue weighted by Crippen LogP contribution is -1.97. The third-order valence-electron chi connectivity index (χ3n) is 0.930. The van der Waals surface area contributed by atoms with Gasteiger partial charge in [0.2, 0.25) is 0 Å². The van der Waals surface area contributed by atoms with E-state index in [9.17, 15) is 4.79 Å². The summed E-state index contributed by atoms with van der Waals surface area (Å²) in [5.74, 6) is 1.17. The van der Waals surface area contributed by atoms with Crippen molar-refractivity contribution in [1.82, 2.24) is 0 Å².